The lowest BCUT2D eigenvalue weighted by Gasteiger charge is -2.12. The van der Waals surface area contributed by atoms with Crippen LogP contribution in [0.2, 0.25) is 0 Å². The summed E-state index contributed by atoms with van der Waals surface area (Å²) < 4.78 is 28.0. The number of nitrogens with zero attached hydrogens (tertiary/aromatic N) is 1. The van der Waals surface area contributed by atoms with E-state index in [9.17, 15) is 8.42 Å². The van der Waals surface area contributed by atoms with Crippen molar-refractivity contribution in [2.75, 3.05) is 0 Å². The fourth-order valence-electron chi connectivity index (χ4n) is 1.76. The summed E-state index contributed by atoms with van der Waals surface area (Å²) in [5.74, 6) is 1.06. The van der Waals surface area contributed by atoms with Crippen LogP contribution in [0.25, 0.3) is 0 Å². The van der Waals surface area contributed by atoms with Gasteiger partial charge in [-0.1, -0.05) is 12.1 Å². The van der Waals surface area contributed by atoms with E-state index in [1.54, 1.807) is 0 Å². The Labute approximate surface area is 122 Å². The van der Waals surface area contributed by atoms with Gasteiger partial charge in [-0.15, -0.1) is 0 Å². The maximum atomic E-state index is 11.1. The molecule has 0 amide bonds. The topological polar surface area (TPSA) is 56.3 Å². The highest BCUT2D eigenvalue weighted by Gasteiger charge is 2.12. The number of aryl methyl sites for hydroxylation is 2. The van der Waals surface area contributed by atoms with Crippen molar-refractivity contribution in [3.63, 3.8) is 0 Å². The Bertz CT molecular complexity index is 740. The molecule has 0 N–H and O–H groups in total. The van der Waals surface area contributed by atoms with Gasteiger partial charge in [0.15, 0.2) is 0 Å². The van der Waals surface area contributed by atoms with E-state index in [2.05, 4.69) is 4.98 Å². The van der Waals surface area contributed by atoms with Crippen molar-refractivity contribution < 1.29 is 13.2 Å². The van der Waals surface area contributed by atoms with Gasteiger partial charge in [-0.3, -0.25) is 0 Å². The van der Waals surface area contributed by atoms with Gasteiger partial charge in [0.1, 0.15) is 10.6 Å². The monoisotopic (exact) mass is 311 g/mol. The third-order valence-corrected chi connectivity index (χ3v) is 4.41. The zero-order valence-corrected chi connectivity index (χ0v) is 12.9. The third kappa shape index (κ3) is 3.11. The SMILES string of the molecule is Cc1ccc(C)c(Oc2ccc(S(=O)(=O)Cl)cn2)c1C. The average Bonchev–Trinajstić information content (AvgIpc) is 2.39. The molecular formula is C14H14ClNO3S. The molecule has 2 aromatic rings. The van der Waals surface area contributed by atoms with Gasteiger partial charge in [0.05, 0.1) is 6.20 Å². The van der Waals surface area contributed by atoms with Gasteiger partial charge in [0.2, 0.25) is 5.88 Å². The first-order valence-corrected chi connectivity index (χ1v) is 8.25. The Hall–Kier alpha value is -1.59. The molecule has 6 heteroatoms. The van der Waals surface area contributed by atoms with Crippen LogP contribution < -0.4 is 4.74 Å². The van der Waals surface area contributed by atoms with Crippen LogP contribution in [-0.4, -0.2) is 13.4 Å². The molecule has 2 rings (SSSR count). The highest BCUT2D eigenvalue weighted by Crippen LogP contribution is 2.30. The first-order valence-electron chi connectivity index (χ1n) is 5.94. The van der Waals surface area contributed by atoms with Crippen molar-refractivity contribution >= 4 is 19.7 Å². The lowest BCUT2D eigenvalue weighted by Crippen LogP contribution is -1.96. The number of halogens is 1. The minimum atomic E-state index is -3.76. The van der Waals surface area contributed by atoms with E-state index in [0.29, 0.717) is 5.88 Å². The minimum Gasteiger partial charge on any atom is -0.438 e. The zero-order chi connectivity index (χ0) is 14.9. The second-order valence-electron chi connectivity index (χ2n) is 4.53. The molecule has 0 radical (unpaired) electrons. The van der Waals surface area contributed by atoms with Crippen LogP contribution in [-0.2, 0) is 9.05 Å². The van der Waals surface area contributed by atoms with Crippen LogP contribution in [0.5, 0.6) is 11.6 Å². The lowest BCUT2D eigenvalue weighted by molar-refractivity contribution is 0.454. The van der Waals surface area contributed by atoms with Gasteiger partial charge in [-0.25, -0.2) is 13.4 Å². The van der Waals surface area contributed by atoms with Gasteiger partial charge in [0.25, 0.3) is 9.05 Å². The molecule has 1 heterocycles. The number of hydrogen-bond acceptors (Lipinski definition) is 4. The van der Waals surface area contributed by atoms with Crippen molar-refractivity contribution in [3.05, 3.63) is 47.2 Å². The van der Waals surface area contributed by atoms with Gasteiger partial charge in [-0.2, -0.15) is 0 Å². The molecule has 0 bridgehead atoms. The summed E-state index contributed by atoms with van der Waals surface area (Å²) in [6, 6.07) is 6.84. The van der Waals surface area contributed by atoms with Crippen LogP contribution in [0, 0.1) is 20.8 Å². The maximum Gasteiger partial charge on any atom is 0.262 e. The molecule has 0 saturated heterocycles. The standard InChI is InChI=1S/C14H14ClNO3S/c1-9-4-5-10(2)14(11(9)3)19-13-7-6-12(8-16-13)20(15,17)18/h4-8H,1-3H3. The van der Waals surface area contributed by atoms with Crippen LogP contribution >= 0.6 is 10.7 Å². The molecule has 20 heavy (non-hydrogen) atoms. The predicted molar refractivity (Wildman–Crippen MR) is 78.0 cm³/mol. The number of ether oxygens (including phenoxy) is 1. The summed E-state index contributed by atoms with van der Waals surface area (Å²) in [5, 5.41) is 0. The van der Waals surface area contributed by atoms with E-state index in [1.165, 1.54) is 18.3 Å². The minimum absolute atomic E-state index is 0.0517. The second-order valence-corrected chi connectivity index (χ2v) is 7.09. The Morgan fingerprint density at radius 3 is 2.25 bits per heavy atom. The number of aromatic nitrogens is 1. The molecule has 0 fully saturated rings. The van der Waals surface area contributed by atoms with Crippen LogP contribution in [0.3, 0.4) is 0 Å². The van der Waals surface area contributed by atoms with Crippen molar-refractivity contribution in [2.24, 2.45) is 0 Å². The number of benzene rings is 1. The molecule has 0 saturated carbocycles. The number of hydrogen-bond donors (Lipinski definition) is 0. The van der Waals surface area contributed by atoms with Crippen molar-refractivity contribution in [1.29, 1.82) is 0 Å². The quantitative estimate of drug-likeness (QED) is 0.810. The molecule has 1 aromatic carbocycles. The first-order chi connectivity index (χ1) is 9.29. The summed E-state index contributed by atoms with van der Waals surface area (Å²) in [6.07, 6.45) is 1.18. The molecule has 0 aliphatic heterocycles. The smallest absolute Gasteiger partial charge is 0.262 e. The molecule has 0 atom stereocenters. The Balaban J connectivity index is 2.34. The van der Waals surface area contributed by atoms with Gasteiger partial charge < -0.3 is 4.74 Å². The summed E-state index contributed by atoms with van der Waals surface area (Å²) in [4.78, 5) is 3.91. The predicted octanol–water partition coefficient (Wildman–Crippen LogP) is 3.73. The van der Waals surface area contributed by atoms with Gasteiger partial charge in [0, 0.05) is 16.7 Å². The number of rotatable bonds is 3. The molecular weight excluding hydrogens is 298 g/mol. The largest absolute Gasteiger partial charge is 0.438 e. The zero-order valence-electron chi connectivity index (χ0n) is 11.3. The second kappa shape index (κ2) is 5.42. The summed E-state index contributed by atoms with van der Waals surface area (Å²) in [7, 11) is 1.47. The van der Waals surface area contributed by atoms with Crippen molar-refractivity contribution in [3.8, 4) is 11.6 Å². The summed E-state index contributed by atoms with van der Waals surface area (Å²) >= 11 is 0. The number of pyridine rings is 1. The Morgan fingerprint density at radius 1 is 1.05 bits per heavy atom. The van der Waals surface area contributed by atoms with E-state index in [1.807, 2.05) is 32.9 Å². The maximum absolute atomic E-state index is 11.1. The highest BCUT2D eigenvalue weighted by atomic mass is 35.7. The van der Waals surface area contributed by atoms with E-state index in [-0.39, 0.29) is 4.90 Å². The van der Waals surface area contributed by atoms with Crippen LogP contribution in [0.4, 0.5) is 0 Å². The molecule has 0 aliphatic rings. The lowest BCUT2D eigenvalue weighted by atomic mass is 10.1. The Kier molecular flexibility index (Phi) is 4.01. The molecule has 0 aliphatic carbocycles. The average molecular weight is 312 g/mol. The van der Waals surface area contributed by atoms with Crippen LogP contribution in [0.15, 0.2) is 35.4 Å². The summed E-state index contributed by atoms with van der Waals surface area (Å²) in [5.41, 5.74) is 3.13. The summed E-state index contributed by atoms with van der Waals surface area (Å²) in [6.45, 7) is 5.91. The normalized spacial score (nSPS) is 11.4. The van der Waals surface area contributed by atoms with E-state index in [0.717, 1.165) is 22.4 Å². The highest BCUT2D eigenvalue weighted by molar-refractivity contribution is 8.13. The molecule has 1 aromatic heterocycles. The Morgan fingerprint density at radius 2 is 1.70 bits per heavy atom. The molecule has 4 nitrogen and oxygen atoms in total. The van der Waals surface area contributed by atoms with Gasteiger partial charge >= 0.3 is 0 Å². The fraction of sp³-hybridized carbons (Fsp3) is 0.214. The van der Waals surface area contributed by atoms with E-state index >= 15 is 0 Å². The molecule has 106 valence electrons. The van der Waals surface area contributed by atoms with Crippen LogP contribution in [0.1, 0.15) is 16.7 Å². The van der Waals surface area contributed by atoms with Gasteiger partial charge in [-0.05, 0) is 43.5 Å². The molecule has 0 unspecified atom stereocenters. The molecule has 0 spiro atoms. The van der Waals surface area contributed by atoms with Crippen molar-refractivity contribution in [2.45, 2.75) is 25.7 Å². The van der Waals surface area contributed by atoms with Crippen molar-refractivity contribution in [1.82, 2.24) is 4.98 Å². The third-order valence-electron chi connectivity index (χ3n) is 3.07. The first kappa shape index (κ1) is 14.8. The fourth-order valence-corrected chi connectivity index (χ4v) is 2.44. The van der Waals surface area contributed by atoms with E-state index < -0.39 is 9.05 Å². The van der Waals surface area contributed by atoms with E-state index in [4.69, 9.17) is 15.4 Å².